The van der Waals surface area contributed by atoms with Crippen molar-refractivity contribution in [2.45, 2.75) is 6.92 Å². The standard InChI is InChI=1S/C14H13N3O2/c1-3-19-14(18)12-9-17(2)16-13(12)11-6-4-5-10(7-11)8-15/h4-7,9H,3H2,1-2H3. The Bertz CT molecular complexity index is 653. The summed E-state index contributed by atoms with van der Waals surface area (Å²) in [5, 5.41) is 13.2. The van der Waals surface area contributed by atoms with E-state index in [2.05, 4.69) is 11.2 Å². The van der Waals surface area contributed by atoms with Crippen LogP contribution < -0.4 is 0 Å². The molecule has 5 heteroatoms. The number of nitriles is 1. The maximum atomic E-state index is 11.9. The van der Waals surface area contributed by atoms with E-state index in [0.717, 1.165) is 5.56 Å². The molecule has 0 fully saturated rings. The van der Waals surface area contributed by atoms with Gasteiger partial charge in [0.25, 0.3) is 0 Å². The molecule has 2 aromatic rings. The molecular formula is C14H13N3O2. The van der Waals surface area contributed by atoms with Crippen LogP contribution in [0.3, 0.4) is 0 Å². The summed E-state index contributed by atoms with van der Waals surface area (Å²) in [5.41, 5.74) is 2.18. The maximum absolute atomic E-state index is 11.9. The number of aromatic nitrogens is 2. The van der Waals surface area contributed by atoms with Crippen molar-refractivity contribution >= 4 is 5.97 Å². The van der Waals surface area contributed by atoms with Crippen LogP contribution in [-0.2, 0) is 11.8 Å². The molecule has 5 nitrogen and oxygen atoms in total. The Hall–Kier alpha value is -2.61. The van der Waals surface area contributed by atoms with Gasteiger partial charge in [-0.1, -0.05) is 12.1 Å². The Kier molecular flexibility index (Phi) is 3.62. The van der Waals surface area contributed by atoms with E-state index in [1.165, 1.54) is 0 Å². The van der Waals surface area contributed by atoms with Gasteiger partial charge in [0, 0.05) is 18.8 Å². The van der Waals surface area contributed by atoms with Crippen LogP contribution in [-0.4, -0.2) is 22.4 Å². The highest BCUT2D eigenvalue weighted by atomic mass is 16.5. The number of rotatable bonds is 3. The number of carbonyl (C=O) groups is 1. The highest BCUT2D eigenvalue weighted by molar-refractivity contribution is 5.96. The molecule has 19 heavy (non-hydrogen) atoms. The third-order valence-electron chi connectivity index (χ3n) is 2.59. The molecule has 1 heterocycles. The molecular weight excluding hydrogens is 242 g/mol. The monoisotopic (exact) mass is 255 g/mol. The van der Waals surface area contributed by atoms with E-state index >= 15 is 0 Å². The van der Waals surface area contributed by atoms with Crippen LogP contribution in [0.1, 0.15) is 22.8 Å². The fourth-order valence-corrected chi connectivity index (χ4v) is 1.80. The molecule has 0 aliphatic carbocycles. The molecule has 0 unspecified atom stereocenters. The number of aryl methyl sites for hydroxylation is 1. The van der Waals surface area contributed by atoms with Crippen molar-refractivity contribution < 1.29 is 9.53 Å². The molecule has 1 aromatic carbocycles. The van der Waals surface area contributed by atoms with Gasteiger partial charge in [-0.15, -0.1) is 0 Å². The fourth-order valence-electron chi connectivity index (χ4n) is 1.80. The van der Waals surface area contributed by atoms with Gasteiger partial charge in [0.2, 0.25) is 0 Å². The van der Waals surface area contributed by atoms with Gasteiger partial charge in [-0.25, -0.2) is 4.79 Å². The summed E-state index contributed by atoms with van der Waals surface area (Å²) in [4.78, 5) is 11.9. The first-order valence-electron chi connectivity index (χ1n) is 5.87. The molecule has 0 bridgehead atoms. The first-order chi connectivity index (χ1) is 9.15. The van der Waals surface area contributed by atoms with Crippen LogP contribution in [0.2, 0.25) is 0 Å². The lowest BCUT2D eigenvalue weighted by atomic mass is 10.1. The first-order valence-corrected chi connectivity index (χ1v) is 5.87. The number of hydrogen-bond donors (Lipinski definition) is 0. The van der Waals surface area contributed by atoms with Gasteiger partial charge in [0.1, 0.15) is 11.3 Å². The van der Waals surface area contributed by atoms with Crippen molar-refractivity contribution in [3.8, 4) is 17.3 Å². The molecule has 0 aliphatic rings. The summed E-state index contributed by atoms with van der Waals surface area (Å²) in [5.74, 6) is -0.409. The molecule has 0 saturated heterocycles. The molecule has 0 aliphatic heterocycles. The van der Waals surface area contributed by atoms with Crippen LogP contribution in [0.25, 0.3) is 11.3 Å². The van der Waals surface area contributed by atoms with E-state index < -0.39 is 5.97 Å². The summed E-state index contributed by atoms with van der Waals surface area (Å²) in [6.07, 6.45) is 1.62. The molecule has 2 rings (SSSR count). The summed E-state index contributed by atoms with van der Waals surface area (Å²) < 4.78 is 6.56. The summed E-state index contributed by atoms with van der Waals surface area (Å²) in [6, 6.07) is 9.04. The number of benzene rings is 1. The SMILES string of the molecule is CCOC(=O)c1cn(C)nc1-c1cccc(C#N)c1. The Morgan fingerprint density at radius 2 is 2.32 bits per heavy atom. The largest absolute Gasteiger partial charge is 0.462 e. The minimum Gasteiger partial charge on any atom is -0.462 e. The lowest BCUT2D eigenvalue weighted by Crippen LogP contribution is -2.05. The van der Waals surface area contributed by atoms with Gasteiger partial charge in [-0.3, -0.25) is 4.68 Å². The first kappa shape index (κ1) is 12.8. The predicted octanol–water partition coefficient (Wildman–Crippen LogP) is 2.14. The number of hydrogen-bond acceptors (Lipinski definition) is 4. The van der Waals surface area contributed by atoms with Crippen molar-refractivity contribution in [2.24, 2.45) is 7.05 Å². The van der Waals surface area contributed by atoms with E-state index in [1.54, 1.807) is 43.0 Å². The molecule has 0 saturated carbocycles. The van der Waals surface area contributed by atoms with Crippen molar-refractivity contribution in [3.63, 3.8) is 0 Å². The average Bonchev–Trinajstić information content (AvgIpc) is 2.81. The lowest BCUT2D eigenvalue weighted by Gasteiger charge is -2.02. The van der Waals surface area contributed by atoms with E-state index in [9.17, 15) is 4.79 Å². The molecule has 0 atom stereocenters. The Morgan fingerprint density at radius 1 is 1.53 bits per heavy atom. The van der Waals surface area contributed by atoms with E-state index in [4.69, 9.17) is 10.00 Å². The van der Waals surface area contributed by atoms with Gasteiger partial charge in [-0.05, 0) is 19.1 Å². The second-order valence-electron chi connectivity index (χ2n) is 3.98. The molecule has 0 radical (unpaired) electrons. The molecule has 96 valence electrons. The number of carbonyl (C=O) groups excluding carboxylic acids is 1. The molecule has 1 aromatic heterocycles. The van der Waals surface area contributed by atoms with Crippen molar-refractivity contribution in [1.29, 1.82) is 5.26 Å². The van der Waals surface area contributed by atoms with Gasteiger partial charge < -0.3 is 4.74 Å². The zero-order chi connectivity index (χ0) is 13.8. The predicted molar refractivity (Wildman–Crippen MR) is 69.3 cm³/mol. The zero-order valence-electron chi connectivity index (χ0n) is 10.8. The number of nitrogens with zero attached hydrogens (tertiary/aromatic N) is 3. The number of ether oxygens (including phenoxy) is 1. The Morgan fingerprint density at radius 3 is 3.00 bits per heavy atom. The topological polar surface area (TPSA) is 67.9 Å². The van der Waals surface area contributed by atoms with Crippen molar-refractivity contribution in [3.05, 3.63) is 41.6 Å². The van der Waals surface area contributed by atoms with Crippen LogP contribution in [0.4, 0.5) is 0 Å². The molecule has 0 N–H and O–H groups in total. The van der Waals surface area contributed by atoms with E-state index in [-0.39, 0.29) is 0 Å². The summed E-state index contributed by atoms with van der Waals surface area (Å²) in [7, 11) is 1.74. The minimum atomic E-state index is -0.409. The fraction of sp³-hybridized carbons (Fsp3) is 0.214. The van der Waals surface area contributed by atoms with Gasteiger partial charge in [0.05, 0.1) is 18.2 Å². The van der Waals surface area contributed by atoms with Crippen LogP contribution in [0, 0.1) is 11.3 Å². The molecule has 0 amide bonds. The van der Waals surface area contributed by atoms with Gasteiger partial charge >= 0.3 is 5.97 Å². The van der Waals surface area contributed by atoms with Crippen molar-refractivity contribution in [2.75, 3.05) is 6.61 Å². The van der Waals surface area contributed by atoms with Crippen LogP contribution >= 0.6 is 0 Å². The highest BCUT2D eigenvalue weighted by Gasteiger charge is 2.18. The van der Waals surface area contributed by atoms with Crippen molar-refractivity contribution in [1.82, 2.24) is 9.78 Å². The normalized spacial score (nSPS) is 9.95. The van der Waals surface area contributed by atoms with E-state index in [1.807, 2.05) is 6.07 Å². The smallest absolute Gasteiger partial charge is 0.341 e. The second-order valence-corrected chi connectivity index (χ2v) is 3.98. The third kappa shape index (κ3) is 2.63. The van der Waals surface area contributed by atoms with Gasteiger partial charge in [-0.2, -0.15) is 10.4 Å². The highest BCUT2D eigenvalue weighted by Crippen LogP contribution is 2.23. The quantitative estimate of drug-likeness (QED) is 0.788. The Balaban J connectivity index is 2.50. The number of esters is 1. The second kappa shape index (κ2) is 5.36. The Labute approximate surface area is 111 Å². The summed E-state index contributed by atoms with van der Waals surface area (Å²) in [6.45, 7) is 2.07. The summed E-state index contributed by atoms with van der Waals surface area (Å²) >= 11 is 0. The third-order valence-corrected chi connectivity index (χ3v) is 2.59. The molecule has 0 spiro atoms. The van der Waals surface area contributed by atoms with Crippen LogP contribution in [0.5, 0.6) is 0 Å². The minimum absolute atomic E-state index is 0.311. The average molecular weight is 255 g/mol. The lowest BCUT2D eigenvalue weighted by molar-refractivity contribution is 0.0527. The zero-order valence-corrected chi connectivity index (χ0v) is 10.8. The van der Waals surface area contributed by atoms with E-state index in [0.29, 0.717) is 23.4 Å². The van der Waals surface area contributed by atoms with Crippen LogP contribution in [0.15, 0.2) is 30.5 Å². The van der Waals surface area contributed by atoms with Gasteiger partial charge in [0.15, 0.2) is 0 Å². The maximum Gasteiger partial charge on any atom is 0.341 e.